The zero-order valence-corrected chi connectivity index (χ0v) is 9.17. The minimum absolute atomic E-state index is 0.0405. The van der Waals surface area contributed by atoms with Gasteiger partial charge in [-0.15, -0.1) is 0 Å². The van der Waals surface area contributed by atoms with E-state index >= 15 is 0 Å². The number of amides is 1. The van der Waals surface area contributed by atoms with Crippen LogP contribution in [0.3, 0.4) is 0 Å². The van der Waals surface area contributed by atoms with E-state index < -0.39 is 22.4 Å². The van der Waals surface area contributed by atoms with Crippen molar-refractivity contribution < 1.29 is 19.8 Å². The third kappa shape index (κ3) is 5.36. The maximum atomic E-state index is 11.1. The molecule has 0 saturated heterocycles. The predicted octanol–water partition coefficient (Wildman–Crippen LogP) is -0.834. The van der Waals surface area contributed by atoms with Crippen LogP contribution in [0.5, 0.6) is 0 Å². The lowest BCUT2D eigenvalue weighted by Crippen LogP contribution is -2.35. The number of carbonyl (C=O) groups excluding carboxylic acids is 1. The molecule has 7 heteroatoms. The Morgan fingerprint density at radius 2 is 1.86 bits per heavy atom. The van der Waals surface area contributed by atoms with Crippen molar-refractivity contribution in [2.75, 3.05) is 13.2 Å². The van der Waals surface area contributed by atoms with Gasteiger partial charge in [-0.05, 0) is 6.42 Å². The minimum atomic E-state index is -1.08. The van der Waals surface area contributed by atoms with E-state index in [0.29, 0.717) is 0 Å². The van der Waals surface area contributed by atoms with Gasteiger partial charge in [0, 0.05) is 6.54 Å². The quantitative estimate of drug-likeness (QED) is 0.391. The van der Waals surface area contributed by atoms with Crippen molar-refractivity contribution in [3.63, 3.8) is 0 Å². The van der Waals surface area contributed by atoms with Gasteiger partial charge in [-0.3, -0.25) is 9.59 Å². The number of hydrogen-bond acceptors (Lipinski definition) is 5. The largest absolute Gasteiger partial charge is 0.480 e. The zero-order chi connectivity index (χ0) is 11.1. The van der Waals surface area contributed by atoms with E-state index in [2.05, 4.69) is 30.6 Å². The smallest absolute Gasteiger partial charge is 0.316 e. The summed E-state index contributed by atoms with van der Waals surface area (Å²) >= 11 is 7.70. The van der Waals surface area contributed by atoms with Crippen molar-refractivity contribution in [1.29, 1.82) is 0 Å². The molecule has 0 bridgehead atoms. The summed E-state index contributed by atoms with van der Waals surface area (Å²) in [6.45, 7) is -0.0182. The molecule has 0 aliphatic rings. The second-order valence-corrected chi connectivity index (χ2v) is 3.87. The van der Waals surface area contributed by atoms with Crippen molar-refractivity contribution in [2.45, 2.75) is 16.9 Å². The molecule has 0 aromatic heterocycles. The molecule has 2 atom stereocenters. The highest BCUT2D eigenvalue weighted by Crippen LogP contribution is 2.10. The number of aliphatic hydroxyl groups excluding tert-OH is 1. The summed E-state index contributed by atoms with van der Waals surface area (Å²) in [7, 11) is 0. The molecule has 82 valence electrons. The van der Waals surface area contributed by atoms with Crippen LogP contribution in [0.4, 0.5) is 0 Å². The first-order valence-corrected chi connectivity index (χ1v) is 4.99. The fourth-order valence-corrected chi connectivity index (χ4v) is 1.40. The summed E-state index contributed by atoms with van der Waals surface area (Å²) in [5, 5.41) is 17.7. The van der Waals surface area contributed by atoms with Crippen LogP contribution in [0, 0.1) is 0 Å². The molecule has 0 aromatic rings. The van der Waals surface area contributed by atoms with Crippen LogP contribution in [0.2, 0.25) is 0 Å². The van der Waals surface area contributed by atoms with Gasteiger partial charge in [0.15, 0.2) is 0 Å². The first-order valence-electron chi connectivity index (χ1n) is 3.96. The van der Waals surface area contributed by atoms with Crippen molar-refractivity contribution in [3.05, 3.63) is 0 Å². The van der Waals surface area contributed by atoms with Gasteiger partial charge in [0.05, 0.1) is 11.9 Å². The average molecular weight is 239 g/mol. The summed E-state index contributed by atoms with van der Waals surface area (Å²) in [4.78, 5) is 21.5. The molecule has 1 amide bonds. The summed E-state index contributed by atoms with van der Waals surface area (Å²) in [5.41, 5.74) is 0. The van der Waals surface area contributed by atoms with E-state index in [-0.39, 0.29) is 19.6 Å². The average Bonchev–Trinajstić information content (AvgIpc) is 2.13. The molecule has 2 unspecified atom stereocenters. The standard InChI is InChI=1S/C7H13NO4S2/c9-2-1-8-6(10)4(13)3-5(14)7(11)12/h4-5,9,13-14H,1-3H2,(H,8,10)(H,11,12). The van der Waals surface area contributed by atoms with Crippen LogP contribution in [0.1, 0.15) is 6.42 Å². The normalized spacial score (nSPS) is 14.5. The molecule has 0 aliphatic heterocycles. The first kappa shape index (κ1) is 13.6. The molecule has 0 rings (SSSR count). The second kappa shape index (κ2) is 6.97. The van der Waals surface area contributed by atoms with E-state index in [1.165, 1.54) is 0 Å². The minimum Gasteiger partial charge on any atom is -0.480 e. The van der Waals surface area contributed by atoms with E-state index in [0.717, 1.165) is 0 Å². The number of aliphatic carboxylic acids is 1. The molecule has 0 fully saturated rings. The Morgan fingerprint density at radius 3 is 2.29 bits per heavy atom. The van der Waals surface area contributed by atoms with Gasteiger partial charge in [0.2, 0.25) is 5.91 Å². The summed E-state index contributed by atoms with van der Waals surface area (Å²) < 4.78 is 0. The molecule has 14 heavy (non-hydrogen) atoms. The van der Waals surface area contributed by atoms with Crippen LogP contribution in [-0.2, 0) is 9.59 Å². The van der Waals surface area contributed by atoms with E-state index in [4.69, 9.17) is 10.2 Å². The molecule has 0 heterocycles. The maximum absolute atomic E-state index is 11.1. The topological polar surface area (TPSA) is 86.6 Å². The van der Waals surface area contributed by atoms with Crippen molar-refractivity contribution in [2.24, 2.45) is 0 Å². The number of carboxylic acid groups (broad SMARTS) is 1. The number of nitrogens with one attached hydrogen (secondary N) is 1. The number of rotatable bonds is 6. The molecule has 0 radical (unpaired) electrons. The molecule has 5 nitrogen and oxygen atoms in total. The van der Waals surface area contributed by atoms with Crippen LogP contribution < -0.4 is 5.32 Å². The van der Waals surface area contributed by atoms with Gasteiger partial charge in [-0.25, -0.2) is 0 Å². The molecule has 0 aromatic carbocycles. The second-order valence-electron chi connectivity index (χ2n) is 2.62. The van der Waals surface area contributed by atoms with Crippen LogP contribution >= 0.6 is 25.3 Å². The SMILES string of the molecule is O=C(O)C(S)CC(S)C(=O)NCCO. The molecular weight excluding hydrogens is 226 g/mol. The Kier molecular flexibility index (Phi) is 6.77. The summed E-state index contributed by atoms with van der Waals surface area (Å²) in [6, 6.07) is 0. The molecule has 3 N–H and O–H groups in total. The maximum Gasteiger partial charge on any atom is 0.316 e. The van der Waals surface area contributed by atoms with Gasteiger partial charge < -0.3 is 15.5 Å². The number of hydrogen-bond donors (Lipinski definition) is 5. The Balaban J connectivity index is 3.88. The van der Waals surface area contributed by atoms with E-state index in [1.807, 2.05) is 0 Å². The molecular formula is C7H13NO4S2. The lowest BCUT2D eigenvalue weighted by Gasteiger charge is -2.12. The lowest BCUT2D eigenvalue weighted by molar-refractivity contribution is -0.136. The lowest BCUT2D eigenvalue weighted by atomic mass is 10.2. The fraction of sp³-hybridized carbons (Fsp3) is 0.714. The monoisotopic (exact) mass is 239 g/mol. The Bertz CT molecular complexity index is 212. The van der Waals surface area contributed by atoms with Crippen LogP contribution in [0.15, 0.2) is 0 Å². The van der Waals surface area contributed by atoms with Gasteiger partial charge in [-0.1, -0.05) is 0 Å². The summed E-state index contributed by atoms with van der Waals surface area (Å²) in [5.74, 6) is -1.48. The summed E-state index contributed by atoms with van der Waals surface area (Å²) in [6.07, 6.45) is 0.0405. The van der Waals surface area contributed by atoms with Gasteiger partial charge >= 0.3 is 5.97 Å². The van der Waals surface area contributed by atoms with Gasteiger partial charge in [-0.2, -0.15) is 25.3 Å². The third-order valence-electron chi connectivity index (χ3n) is 1.45. The Hall–Kier alpha value is -0.400. The molecule has 0 saturated carbocycles. The Labute approximate surface area is 92.7 Å². The van der Waals surface area contributed by atoms with Gasteiger partial charge in [0.1, 0.15) is 5.25 Å². The molecule has 0 aliphatic carbocycles. The highest BCUT2D eigenvalue weighted by Gasteiger charge is 2.21. The van der Waals surface area contributed by atoms with E-state index in [9.17, 15) is 9.59 Å². The fourth-order valence-electron chi connectivity index (χ4n) is 0.716. The number of thiol groups is 2. The van der Waals surface area contributed by atoms with E-state index in [1.54, 1.807) is 0 Å². The third-order valence-corrected chi connectivity index (χ3v) is 2.32. The molecule has 0 spiro atoms. The first-order chi connectivity index (χ1) is 6.49. The highest BCUT2D eigenvalue weighted by atomic mass is 32.1. The van der Waals surface area contributed by atoms with Crippen molar-refractivity contribution in [1.82, 2.24) is 5.32 Å². The van der Waals surface area contributed by atoms with Gasteiger partial charge in [0.25, 0.3) is 0 Å². The predicted molar refractivity (Wildman–Crippen MR) is 57.9 cm³/mol. The highest BCUT2D eigenvalue weighted by molar-refractivity contribution is 7.82. The van der Waals surface area contributed by atoms with Crippen LogP contribution in [-0.4, -0.2) is 45.7 Å². The van der Waals surface area contributed by atoms with Crippen molar-refractivity contribution >= 4 is 37.1 Å². The van der Waals surface area contributed by atoms with Crippen molar-refractivity contribution in [3.8, 4) is 0 Å². The zero-order valence-electron chi connectivity index (χ0n) is 7.38. The van der Waals surface area contributed by atoms with Crippen LogP contribution in [0.25, 0.3) is 0 Å². The Morgan fingerprint density at radius 1 is 1.29 bits per heavy atom. The number of carbonyl (C=O) groups is 2. The number of carboxylic acids is 1. The number of aliphatic hydroxyl groups is 1.